The molecule has 0 fully saturated rings. The summed E-state index contributed by atoms with van der Waals surface area (Å²) in [7, 11) is 2.01. The lowest BCUT2D eigenvalue weighted by Gasteiger charge is -2.16. The maximum absolute atomic E-state index is 3.54. The number of hydrogen-bond donors (Lipinski definition) is 2. The first-order valence-electron chi connectivity index (χ1n) is 6.62. The average molecular weight is 214 g/mol. The van der Waals surface area contributed by atoms with Gasteiger partial charge in [0.15, 0.2) is 0 Å². The monoisotopic (exact) mass is 214 g/mol. The van der Waals surface area contributed by atoms with E-state index in [0.717, 1.165) is 12.5 Å². The minimum Gasteiger partial charge on any atom is -0.318 e. The van der Waals surface area contributed by atoms with E-state index in [4.69, 9.17) is 0 Å². The van der Waals surface area contributed by atoms with Gasteiger partial charge < -0.3 is 10.6 Å². The zero-order chi connectivity index (χ0) is 11.5. The summed E-state index contributed by atoms with van der Waals surface area (Å²) in [4.78, 5) is 0. The maximum Gasteiger partial charge on any atom is 0.0164 e. The lowest BCUT2D eigenvalue weighted by Crippen LogP contribution is -2.35. The number of rotatable bonds is 10. The van der Waals surface area contributed by atoms with E-state index < -0.39 is 0 Å². The van der Waals surface area contributed by atoms with Crippen molar-refractivity contribution < 1.29 is 0 Å². The molecular formula is C13H30N2. The van der Waals surface area contributed by atoms with Gasteiger partial charge in [0.25, 0.3) is 0 Å². The van der Waals surface area contributed by atoms with Crippen molar-refractivity contribution in [1.29, 1.82) is 0 Å². The highest BCUT2D eigenvalue weighted by Crippen LogP contribution is 2.16. The van der Waals surface area contributed by atoms with Crippen LogP contribution in [0.1, 0.15) is 52.9 Å². The summed E-state index contributed by atoms with van der Waals surface area (Å²) >= 11 is 0. The van der Waals surface area contributed by atoms with Crippen LogP contribution in [0, 0.1) is 5.92 Å². The van der Waals surface area contributed by atoms with Crippen molar-refractivity contribution in [3.05, 3.63) is 0 Å². The molecule has 0 rings (SSSR count). The van der Waals surface area contributed by atoms with Crippen LogP contribution in [0.25, 0.3) is 0 Å². The quantitative estimate of drug-likeness (QED) is 0.546. The summed E-state index contributed by atoms with van der Waals surface area (Å²) < 4.78 is 0. The smallest absolute Gasteiger partial charge is 0.0164 e. The van der Waals surface area contributed by atoms with Gasteiger partial charge in [-0.3, -0.25) is 0 Å². The van der Waals surface area contributed by atoms with Gasteiger partial charge >= 0.3 is 0 Å². The predicted octanol–water partition coefficient (Wildman–Crippen LogP) is 2.79. The minimum atomic E-state index is 0.598. The van der Waals surface area contributed by atoms with Gasteiger partial charge in [-0.2, -0.15) is 0 Å². The SMILES string of the molecule is CCCC(CC)CCCNC(C)CNC. The largest absolute Gasteiger partial charge is 0.318 e. The van der Waals surface area contributed by atoms with Crippen molar-refractivity contribution in [3.63, 3.8) is 0 Å². The molecule has 0 radical (unpaired) electrons. The Morgan fingerprint density at radius 2 is 1.87 bits per heavy atom. The third-order valence-corrected chi connectivity index (χ3v) is 3.07. The Labute approximate surface area is 96.2 Å². The lowest BCUT2D eigenvalue weighted by atomic mass is 9.95. The third-order valence-electron chi connectivity index (χ3n) is 3.07. The highest BCUT2D eigenvalue weighted by Gasteiger charge is 2.05. The van der Waals surface area contributed by atoms with E-state index in [1.165, 1.54) is 38.6 Å². The van der Waals surface area contributed by atoms with E-state index >= 15 is 0 Å². The van der Waals surface area contributed by atoms with Crippen LogP contribution in [0.15, 0.2) is 0 Å². The van der Waals surface area contributed by atoms with Gasteiger partial charge in [0.1, 0.15) is 0 Å². The number of nitrogens with one attached hydrogen (secondary N) is 2. The second-order valence-corrected chi connectivity index (χ2v) is 4.62. The molecule has 92 valence electrons. The fraction of sp³-hybridized carbons (Fsp3) is 1.00. The zero-order valence-corrected chi connectivity index (χ0v) is 11.1. The van der Waals surface area contributed by atoms with Crippen LogP contribution >= 0.6 is 0 Å². The first-order valence-corrected chi connectivity index (χ1v) is 6.62. The van der Waals surface area contributed by atoms with Gasteiger partial charge in [-0.25, -0.2) is 0 Å². The molecule has 2 heteroatoms. The molecule has 0 bridgehead atoms. The Bertz CT molecular complexity index is 126. The Balaban J connectivity index is 3.35. The predicted molar refractivity (Wildman–Crippen MR) is 69.3 cm³/mol. The van der Waals surface area contributed by atoms with Gasteiger partial charge in [-0.1, -0.05) is 33.1 Å². The van der Waals surface area contributed by atoms with Crippen molar-refractivity contribution >= 4 is 0 Å². The Kier molecular flexibility index (Phi) is 10.4. The first kappa shape index (κ1) is 14.9. The van der Waals surface area contributed by atoms with Crippen molar-refractivity contribution in [2.45, 2.75) is 58.9 Å². The zero-order valence-electron chi connectivity index (χ0n) is 11.1. The number of hydrogen-bond acceptors (Lipinski definition) is 2. The molecule has 0 amide bonds. The summed E-state index contributed by atoms with van der Waals surface area (Å²) in [5, 5.41) is 6.73. The topological polar surface area (TPSA) is 24.1 Å². The summed E-state index contributed by atoms with van der Waals surface area (Å²) in [6.45, 7) is 9.07. The van der Waals surface area contributed by atoms with Crippen molar-refractivity contribution in [2.24, 2.45) is 5.92 Å². The van der Waals surface area contributed by atoms with Gasteiger partial charge in [-0.15, -0.1) is 0 Å². The average Bonchev–Trinajstić information content (AvgIpc) is 2.23. The molecule has 2 nitrogen and oxygen atoms in total. The fourth-order valence-corrected chi connectivity index (χ4v) is 2.08. The second kappa shape index (κ2) is 10.4. The molecule has 0 aromatic rings. The van der Waals surface area contributed by atoms with Gasteiger partial charge in [-0.05, 0) is 39.3 Å². The molecule has 0 aromatic heterocycles. The van der Waals surface area contributed by atoms with E-state index in [0.29, 0.717) is 6.04 Å². The molecule has 0 aliphatic rings. The van der Waals surface area contributed by atoms with Gasteiger partial charge in [0.2, 0.25) is 0 Å². The molecule has 0 spiro atoms. The van der Waals surface area contributed by atoms with Gasteiger partial charge in [0.05, 0.1) is 0 Å². The van der Waals surface area contributed by atoms with Crippen LogP contribution in [0.3, 0.4) is 0 Å². The van der Waals surface area contributed by atoms with E-state index in [1.807, 2.05) is 7.05 Å². The van der Waals surface area contributed by atoms with E-state index in [-0.39, 0.29) is 0 Å². The molecule has 2 N–H and O–H groups in total. The molecule has 2 atom stereocenters. The second-order valence-electron chi connectivity index (χ2n) is 4.62. The van der Waals surface area contributed by atoms with Crippen molar-refractivity contribution in [2.75, 3.05) is 20.1 Å². The third kappa shape index (κ3) is 8.88. The maximum atomic E-state index is 3.54. The first-order chi connectivity index (χ1) is 7.24. The molecule has 15 heavy (non-hydrogen) atoms. The molecular weight excluding hydrogens is 184 g/mol. The standard InChI is InChI=1S/C13H30N2/c1-5-8-13(6-2)9-7-10-15-12(3)11-14-4/h12-15H,5-11H2,1-4H3. The molecule has 0 aliphatic heterocycles. The van der Waals surface area contributed by atoms with Crippen LogP contribution in [-0.4, -0.2) is 26.2 Å². The minimum absolute atomic E-state index is 0.598. The molecule has 0 aliphatic carbocycles. The highest BCUT2D eigenvalue weighted by atomic mass is 15.0. The molecule has 0 saturated carbocycles. The summed E-state index contributed by atoms with van der Waals surface area (Å²) in [6, 6.07) is 0.598. The summed E-state index contributed by atoms with van der Waals surface area (Å²) in [5.41, 5.74) is 0. The van der Waals surface area contributed by atoms with Crippen LogP contribution in [0.2, 0.25) is 0 Å². The van der Waals surface area contributed by atoms with Crippen molar-refractivity contribution in [3.8, 4) is 0 Å². The van der Waals surface area contributed by atoms with E-state index in [2.05, 4.69) is 31.4 Å². The number of likely N-dealkylation sites (N-methyl/N-ethyl adjacent to an activating group) is 1. The van der Waals surface area contributed by atoms with E-state index in [9.17, 15) is 0 Å². The van der Waals surface area contributed by atoms with Crippen LogP contribution in [0.4, 0.5) is 0 Å². The molecule has 0 saturated heterocycles. The molecule has 0 heterocycles. The fourth-order valence-electron chi connectivity index (χ4n) is 2.08. The van der Waals surface area contributed by atoms with Crippen LogP contribution in [0.5, 0.6) is 0 Å². The Morgan fingerprint density at radius 1 is 1.13 bits per heavy atom. The summed E-state index contributed by atoms with van der Waals surface area (Å²) in [6.07, 6.45) is 6.81. The Morgan fingerprint density at radius 3 is 2.40 bits per heavy atom. The van der Waals surface area contributed by atoms with E-state index in [1.54, 1.807) is 0 Å². The van der Waals surface area contributed by atoms with Crippen LogP contribution in [-0.2, 0) is 0 Å². The highest BCUT2D eigenvalue weighted by molar-refractivity contribution is 4.63. The molecule has 2 unspecified atom stereocenters. The lowest BCUT2D eigenvalue weighted by molar-refractivity contribution is 0.404. The van der Waals surface area contributed by atoms with Crippen LogP contribution < -0.4 is 10.6 Å². The van der Waals surface area contributed by atoms with Gasteiger partial charge in [0, 0.05) is 12.6 Å². The Hall–Kier alpha value is -0.0800. The normalized spacial score (nSPS) is 15.2. The molecule has 0 aromatic carbocycles. The van der Waals surface area contributed by atoms with Crippen molar-refractivity contribution in [1.82, 2.24) is 10.6 Å². The summed E-state index contributed by atoms with van der Waals surface area (Å²) in [5.74, 6) is 0.955.